The summed E-state index contributed by atoms with van der Waals surface area (Å²) in [5.41, 5.74) is 2.50. The molecule has 1 atom stereocenters. The highest BCUT2D eigenvalue weighted by Gasteiger charge is 2.23. The van der Waals surface area contributed by atoms with E-state index < -0.39 is 0 Å². The number of anilines is 4. The van der Waals surface area contributed by atoms with Gasteiger partial charge in [0.1, 0.15) is 11.9 Å². The fraction of sp³-hybridized carbons (Fsp3) is 0.450. The molecule has 8 nitrogen and oxygen atoms in total. The molecular formula is C20H25N5O3. The van der Waals surface area contributed by atoms with Crippen molar-refractivity contribution in [3.05, 3.63) is 36.0 Å². The van der Waals surface area contributed by atoms with Crippen molar-refractivity contribution in [3.63, 3.8) is 0 Å². The Kier molecular flexibility index (Phi) is 5.68. The Balaban J connectivity index is 1.41. The SMILES string of the molecule is Cc1cc(N2CCOCC2)nc(Nc2ccc(NC(=O)C3CCCO3)cc2)n1. The molecule has 1 aromatic carbocycles. The third kappa shape index (κ3) is 4.58. The number of benzene rings is 1. The van der Waals surface area contributed by atoms with Crippen molar-refractivity contribution in [1.29, 1.82) is 0 Å². The first kappa shape index (κ1) is 18.6. The molecule has 0 aliphatic carbocycles. The minimum Gasteiger partial charge on any atom is -0.378 e. The van der Waals surface area contributed by atoms with Crippen molar-refractivity contribution in [3.8, 4) is 0 Å². The van der Waals surface area contributed by atoms with Gasteiger partial charge in [-0.3, -0.25) is 4.79 Å². The minimum atomic E-state index is -0.336. The summed E-state index contributed by atoms with van der Waals surface area (Å²) in [4.78, 5) is 23.5. The van der Waals surface area contributed by atoms with E-state index in [0.717, 1.165) is 48.8 Å². The van der Waals surface area contributed by atoms with Gasteiger partial charge in [0, 0.05) is 42.8 Å². The lowest BCUT2D eigenvalue weighted by molar-refractivity contribution is -0.124. The molecule has 0 spiro atoms. The Hall–Kier alpha value is -2.71. The maximum Gasteiger partial charge on any atom is 0.253 e. The van der Waals surface area contributed by atoms with Crippen molar-refractivity contribution >= 4 is 29.0 Å². The van der Waals surface area contributed by atoms with Gasteiger partial charge in [-0.05, 0) is 44.0 Å². The second-order valence-corrected chi connectivity index (χ2v) is 6.98. The molecule has 2 aromatic rings. The van der Waals surface area contributed by atoms with E-state index in [4.69, 9.17) is 9.47 Å². The molecule has 1 aromatic heterocycles. The van der Waals surface area contributed by atoms with Crippen LogP contribution in [0.2, 0.25) is 0 Å². The third-order valence-electron chi connectivity index (χ3n) is 4.81. The highest BCUT2D eigenvalue weighted by molar-refractivity contribution is 5.94. The number of hydrogen-bond donors (Lipinski definition) is 2. The molecule has 2 aliphatic rings. The Bertz CT molecular complexity index is 815. The number of nitrogens with one attached hydrogen (secondary N) is 2. The summed E-state index contributed by atoms with van der Waals surface area (Å²) in [5.74, 6) is 1.37. The number of rotatable bonds is 5. The zero-order valence-electron chi connectivity index (χ0n) is 16.0. The number of carbonyl (C=O) groups excluding carboxylic acids is 1. The number of morpholine rings is 1. The molecule has 148 valence electrons. The van der Waals surface area contributed by atoms with E-state index in [9.17, 15) is 4.79 Å². The second kappa shape index (κ2) is 8.53. The Morgan fingerprint density at radius 3 is 2.57 bits per heavy atom. The number of hydrogen-bond acceptors (Lipinski definition) is 7. The highest BCUT2D eigenvalue weighted by atomic mass is 16.5. The van der Waals surface area contributed by atoms with Gasteiger partial charge in [-0.1, -0.05) is 0 Å². The zero-order chi connectivity index (χ0) is 19.3. The lowest BCUT2D eigenvalue weighted by Crippen LogP contribution is -2.36. The molecule has 1 unspecified atom stereocenters. The smallest absolute Gasteiger partial charge is 0.253 e. The molecule has 2 aliphatic heterocycles. The molecule has 4 rings (SSSR count). The van der Waals surface area contributed by atoms with Gasteiger partial charge >= 0.3 is 0 Å². The van der Waals surface area contributed by atoms with E-state index in [-0.39, 0.29) is 12.0 Å². The highest BCUT2D eigenvalue weighted by Crippen LogP contribution is 2.21. The van der Waals surface area contributed by atoms with E-state index in [0.29, 0.717) is 25.8 Å². The summed E-state index contributed by atoms with van der Waals surface area (Å²) in [6.07, 6.45) is 1.38. The van der Waals surface area contributed by atoms with Crippen molar-refractivity contribution in [2.75, 3.05) is 48.4 Å². The van der Waals surface area contributed by atoms with E-state index in [2.05, 4.69) is 25.5 Å². The summed E-state index contributed by atoms with van der Waals surface area (Å²) in [7, 11) is 0. The van der Waals surface area contributed by atoms with Crippen LogP contribution < -0.4 is 15.5 Å². The van der Waals surface area contributed by atoms with Crippen LogP contribution in [-0.4, -0.2) is 54.9 Å². The Morgan fingerprint density at radius 1 is 1.11 bits per heavy atom. The van der Waals surface area contributed by atoms with Gasteiger partial charge in [-0.25, -0.2) is 4.98 Å². The average Bonchev–Trinajstić information content (AvgIpc) is 3.25. The number of nitrogens with zero attached hydrogens (tertiary/aromatic N) is 3. The van der Waals surface area contributed by atoms with Crippen molar-refractivity contribution < 1.29 is 14.3 Å². The molecule has 2 fully saturated rings. The summed E-state index contributed by atoms with van der Waals surface area (Å²) in [5, 5.41) is 6.14. The molecule has 0 radical (unpaired) electrons. The molecule has 2 N–H and O–H groups in total. The first-order valence-corrected chi connectivity index (χ1v) is 9.65. The number of amides is 1. The van der Waals surface area contributed by atoms with Crippen LogP contribution >= 0.6 is 0 Å². The molecule has 28 heavy (non-hydrogen) atoms. The van der Waals surface area contributed by atoms with Crippen LogP contribution in [-0.2, 0) is 14.3 Å². The van der Waals surface area contributed by atoms with Crippen LogP contribution in [0.1, 0.15) is 18.5 Å². The quantitative estimate of drug-likeness (QED) is 0.820. The van der Waals surface area contributed by atoms with Gasteiger partial charge in [-0.15, -0.1) is 0 Å². The molecule has 2 saturated heterocycles. The monoisotopic (exact) mass is 383 g/mol. The topological polar surface area (TPSA) is 88.6 Å². The van der Waals surface area contributed by atoms with Gasteiger partial charge in [-0.2, -0.15) is 4.98 Å². The maximum absolute atomic E-state index is 12.1. The Morgan fingerprint density at radius 2 is 1.86 bits per heavy atom. The molecule has 0 saturated carbocycles. The van der Waals surface area contributed by atoms with Gasteiger partial charge < -0.3 is 25.0 Å². The van der Waals surface area contributed by atoms with Crippen LogP contribution in [0.25, 0.3) is 0 Å². The lowest BCUT2D eigenvalue weighted by Gasteiger charge is -2.28. The zero-order valence-corrected chi connectivity index (χ0v) is 16.0. The van der Waals surface area contributed by atoms with Crippen LogP contribution in [0.5, 0.6) is 0 Å². The van der Waals surface area contributed by atoms with Gasteiger partial charge in [0.05, 0.1) is 13.2 Å². The van der Waals surface area contributed by atoms with E-state index in [1.54, 1.807) is 0 Å². The van der Waals surface area contributed by atoms with Crippen molar-refractivity contribution in [2.45, 2.75) is 25.9 Å². The van der Waals surface area contributed by atoms with Crippen LogP contribution in [0.15, 0.2) is 30.3 Å². The molecule has 8 heteroatoms. The predicted octanol–water partition coefficient (Wildman–Crippen LogP) is 2.48. The van der Waals surface area contributed by atoms with Crippen molar-refractivity contribution in [1.82, 2.24) is 9.97 Å². The molecule has 0 bridgehead atoms. The number of aryl methyl sites for hydroxylation is 1. The molecule has 3 heterocycles. The summed E-state index contributed by atoms with van der Waals surface area (Å²) < 4.78 is 10.8. The first-order valence-electron chi connectivity index (χ1n) is 9.65. The normalized spacial score (nSPS) is 19.5. The number of ether oxygens (including phenoxy) is 2. The number of aromatic nitrogens is 2. The fourth-order valence-electron chi connectivity index (χ4n) is 3.34. The van der Waals surface area contributed by atoms with Gasteiger partial charge in [0.25, 0.3) is 5.91 Å². The van der Waals surface area contributed by atoms with Crippen molar-refractivity contribution in [2.24, 2.45) is 0 Å². The fourth-order valence-corrected chi connectivity index (χ4v) is 3.34. The third-order valence-corrected chi connectivity index (χ3v) is 4.81. The van der Waals surface area contributed by atoms with Gasteiger partial charge in [0.2, 0.25) is 5.95 Å². The summed E-state index contributed by atoms with van der Waals surface area (Å²) in [6.45, 7) is 5.70. The molecule has 1 amide bonds. The largest absolute Gasteiger partial charge is 0.378 e. The summed E-state index contributed by atoms with van der Waals surface area (Å²) >= 11 is 0. The van der Waals surface area contributed by atoms with Crippen LogP contribution in [0, 0.1) is 6.92 Å². The van der Waals surface area contributed by atoms with Gasteiger partial charge in [0.15, 0.2) is 0 Å². The summed E-state index contributed by atoms with van der Waals surface area (Å²) in [6, 6.07) is 9.48. The van der Waals surface area contributed by atoms with Crippen LogP contribution in [0.4, 0.5) is 23.1 Å². The number of carbonyl (C=O) groups is 1. The van der Waals surface area contributed by atoms with Crippen LogP contribution in [0.3, 0.4) is 0 Å². The average molecular weight is 383 g/mol. The van der Waals surface area contributed by atoms with E-state index >= 15 is 0 Å². The second-order valence-electron chi connectivity index (χ2n) is 6.98. The lowest BCUT2D eigenvalue weighted by atomic mass is 10.2. The van der Waals surface area contributed by atoms with E-state index in [1.165, 1.54) is 0 Å². The maximum atomic E-state index is 12.1. The Labute approximate surface area is 164 Å². The van der Waals surface area contributed by atoms with E-state index in [1.807, 2.05) is 37.3 Å². The standard InChI is InChI=1S/C20H25N5O3/c1-14-13-18(25-8-11-27-12-9-25)24-20(21-14)23-16-6-4-15(5-7-16)22-19(26)17-3-2-10-28-17/h4-7,13,17H,2-3,8-12H2,1H3,(H,22,26)(H,21,23,24). The molecular weight excluding hydrogens is 358 g/mol. The first-order chi connectivity index (χ1) is 13.7. The minimum absolute atomic E-state index is 0.0876. The predicted molar refractivity (Wildman–Crippen MR) is 107 cm³/mol.